The number of hydrogen-bond donors (Lipinski definition) is 0. The second-order valence-corrected chi connectivity index (χ2v) is 16.9. The van der Waals surface area contributed by atoms with Crippen LogP contribution in [0.1, 0.15) is 70.2 Å². The van der Waals surface area contributed by atoms with E-state index in [1.165, 1.54) is 151 Å². The molecule has 0 aliphatic heterocycles. The maximum Gasteiger partial charge on any atom is 0.0726 e. The SMILES string of the molecule is c1ccc(N(c2ccc3c(c2)CCCC3)c2cc3c(cc2-c2ccc(-c4ccc5c(c4)CCCC5)cc2)-c2ccccc2C32c3ccccc3-c3ccccc32)cc1. The zero-order valence-electron chi connectivity index (χ0n) is 32.8. The third kappa shape index (κ3) is 5.02. The van der Waals surface area contributed by atoms with Crippen LogP contribution in [0.5, 0.6) is 0 Å². The fraction of sp³-hybridized carbons (Fsp3) is 0.158. The number of fused-ring (bicyclic) bond motifs is 12. The highest BCUT2D eigenvalue weighted by Crippen LogP contribution is 2.64. The predicted molar refractivity (Wildman–Crippen MR) is 242 cm³/mol. The van der Waals surface area contributed by atoms with Crippen molar-refractivity contribution in [2.45, 2.75) is 56.8 Å². The number of anilines is 3. The number of aryl methyl sites for hydroxylation is 4. The third-order valence-electron chi connectivity index (χ3n) is 13.8. The van der Waals surface area contributed by atoms with E-state index in [0.29, 0.717) is 0 Å². The van der Waals surface area contributed by atoms with Gasteiger partial charge in [0, 0.05) is 16.9 Å². The van der Waals surface area contributed by atoms with Crippen molar-refractivity contribution in [3.63, 3.8) is 0 Å². The zero-order valence-corrected chi connectivity index (χ0v) is 32.8. The minimum atomic E-state index is -0.430. The van der Waals surface area contributed by atoms with E-state index in [9.17, 15) is 0 Å². The minimum Gasteiger partial charge on any atom is -0.310 e. The van der Waals surface area contributed by atoms with Gasteiger partial charge in [-0.1, -0.05) is 140 Å². The molecule has 1 heteroatoms. The number of para-hydroxylation sites is 1. The molecule has 0 amide bonds. The summed E-state index contributed by atoms with van der Waals surface area (Å²) in [7, 11) is 0. The van der Waals surface area contributed by atoms with Crippen LogP contribution < -0.4 is 4.90 Å². The summed E-state index contributed by atoms with van der Waals surface area (Å²) >= 11 is 0. The van der Waals surface area contributed by atoms with Gasteiger partial charge in [0.25, 0.3) is 0 Å². The smallest absolute Gasteiger partial charge is 0.0726 e. The van der Waals surface area contributed by atoms with Crippen LogP contribution in [-0.2, 0) is 31.1 Å². The molecule has 0 unspecified atom stereocenters. The van der Waals surface area contributed by atoms with Crippen LogP contribution in [0.4, 0.5) is 17.1 Å². The molecule has 0 atom stereocenters. The molecule has 4 aliphatic rings. The van der Waals surface area contributed by atoms with Gasteiger partial charge < -0.3 is 4.90 Å². The molecule has 0 saturated heterocycles. The molecule has 12 rings (SSSR count). The first-order valence-corrected chi connectivity index (χ1v) is 21.4. The molecule has 0 bridgehead atoms. The topological polar surface area (TPSA) is 3.24 Å². The van der Waals surface area contributed by atoms with Gasteiger partial charge in [-0.3, -0.25) is 0 Å². The minimum absolute atomic E-state index is 0.430. The molecule has 1 nitrogen and oxygen atoms in total. The Labute approximate surface area is 342 Å². The summed E-state index contributed by atoms with van der Waals surface area (Å²) in [4.78, 5) is 2.55. The van der Waals surface area contributed by atoms with Crippen molar-refractivity contribution in [2.24, 2.45) is 0 Å². The molecule has 8 aromatic carbocycles. The van der Waals surface area contributed by atoms with Crippen LogP contribution in [0.15, 0.2) is 176 Å². The summed E-state index contributed by atoms with van der Waals surface area (Å²) in [6.45, 7) is 0. The molecule has 1 spiro atoms. The lowest BCUT2D eigenvalue weighted by Crippen LogP contribution is -2.26. The van der Waals surface area contributed by atoms with Crippen molar-refractivity contribution in [1.82, 2.24) is 0 Å². The second-order valence-electron chi connectivity index (χ2n) is 16.9. The molecule has 0 N–H and O–H groups in total. The Morgan fingerprint density at radius 1 is 0.310 bits per heavy atom. The van der Waals surface area contributed by atoms with Crippen LogP contribution >= 0.6 is 0 Å². The van der Waals surface area contributed by atoms with Crippen LogP contribution in [0.25, 0.3) is 44.5 Å². The van der Waals surface area contributed by atoms with Crippen molar-refractivity contribution < 1.29 is 0 Å². The largest absolute Gasteiger partial charge is 0.310 e. The van der Waals surface area contributed by atoms with Crippen LogP contribution in [0.2, 0.25) is 0 Å². The number of rotatable bonds is 5. The Hall–Kier alpha value is -6.44. The lowest BCUT2D eigenvalue weighted by molar-refractivity contribution is 0.685. The van der Waals surface area contributed by atoms with Gasteiger partial charge in [-0.05, 0) is 171 Å². The lowest BCUT2D eigenvalue weighted by Gasteiger charge is -2.33. The van der Waals surface area contributed by atoms with Crippen molar-refractivity contribution in [3.8, 4) is 44.5 Å². The number of benzene rings is 8. The highest BCUT2D eigenvalue weighted by atomic mass is 15.1. The summed E-state index contributed by atoms with van der Waals surface area (Å²) < 4.78 is 0. The van der Waals surface area contributed by atoms with E-state index in [0.717, 1.165) is 6.42 Å². The summed E-state index contributed by atoms with van der Waals surface area (Å²) in [5.41, 5.74) is 25.0. The number of nitrogens with zero attached hydrogens (tertiary/aromatic N) is 1. The lowest BCUT2D eigenvalue weighted by atomic mass is 9.70. The van der Waals surface area contributed by atoms with E-state index in [-0.39, 0.29) is 0 Å². The first-order valence-electron chi connectivity index (χ1n) is 21.4. The number of hydrogen-bond acceptors (Lipinski definition) is 1. The van der Waals surface area contributed by atoms with E-state index in [1.807, 2.05) is 0 Å². The van der Waals surface area contributed by atoms with Gasteiger partial charge in [-0.2, -0.15) is 0 Å². The van der Waals surface area contributed by atoms with Gasteiger partial charge in [0.1, 0.15) is 0 Å². The molecular formula is C57H45N. The van der Waals surface area contributed by atoms with Crippen LogP contribution in [0, 0.1) is 0 Å². The summed E-state index contributed by atoms with van der Waals surface area (Å²) in [5, 5.41) is 0. The van der Waals surface area contributed by atoms with Crippen molar-refractivity contribution in [1.29, 1.82) is 0 Å². The van der Waals surface area contributed by atoms with Gasteiger partial charge in [0.15, 0.2) is 0 Å². The maximum atomic E-state index is 2.58. The van der Waals surface area contributed by atoms with E-state index in [1.54, 1.807) is 0 Å². The zero-order chi connectivity index (χ0) is 38.2. The normalized spacial score (nSPS) is 15.2. The first kappa shape index (κ1) is 33.7. The van der Waals surface area contributed by atoms with Gasteiger partial charge in [0.05, 0.1) is 11.1 Å². The second kappa shape index (κ2) is 13.3. The third-order valence-corrected chi connectivity index (χ3v) is 13.8. The van der Waals surface area contributed by atoms with Crippen LogP contribution in [-0.4, -0.2) is 0 Å². The predicted octanol–water partition coefficient (Wildman–Crippen LogP) is 14.6. The highest BCUT2D eigenvalue weighted by molar-refractivity contribution is 6.00. The average Bonchev–Trinajstić information content (AvgIpc) is 3.76. The Morgan fingerprint density at radius 2 is 0.810 bits per heavy atom. The monoisotopic (exact) mass is 743 g/mol. The quantitative estimate of drug-likeness (QED) is 0.170. The Balaban J connectivity index is 1.13. The molecule has 8 aromatic rings. The molecule has 0 radical (unpaired) electrons. The Bertz CT molecular complexity index is 2850. The van der Waals surface area contributed by atoms with E-state index < -0.39 is 5.41 Å². The molecule has 4 aliphatic carbocycles. The summed E-state index contributed by atoms with van der Waals surface area (Å²) in [5.74, 6) is 0. The Morgan fingerprint density at radius 3 is 1.45 bits per heavy atom. The Kier molecular flexibility index (Phi) is 7.73. The summed E-state index contributed by atoms with van der Waals surface area (Å²) in [6.07, 6.45) is 9.83. The van der Waals surface area contributed by atoms with E-state index in [2.05, 4.69) is 181 Å². The highest BCUT2D eigenvalue weighted by Gasteiger charge is 2.52. The standard InChI is InChI=1S/C57H45N/c1-2-18-45(19-3-1)58(46-33-32-39-15-5-7-17-43(39)35-46)56-37-55-51(36-50(56)41-29-26-40(27-30-41)44-31-28-38-14-4-6-16-42(38)34-44)49-22-10-13-25-54(49)57(55)52-23-11-8-20-47(52)48-21-9-12-24-53(48)57/h1-3,8-13,18-37H,4-7,14-17H2. The van der Waals surface area contributed by atoms with Gasteiger partial charge in [-0.15, -0.1) is 0 Å². The van der Waals surface area contributed by atoms with E-state index in [4.69, 9.17) is 0 Å². The van der Waals surface area contributed by atoms with Crippen molar-refractivity contribution in [3.05, 3.63) is 220 Å². The van der Waals surface area contributed by atoms with Gasteiger partial charge in [-0.25, -0.2) is 0 Å². The molecule has 0 heterocycles. The first-order chi connectivity index (χ1) is 28.8. The molecule has 0 aromatic heterocycles. The van der Waals surface area contributed by atoms with Crippen molar-refractivity contribution >= 4 is 17.1 Å². The van der Waals surface area contributed by atoms with Crippen molar-refractivity contribution in [2.75, 3.05) is 4.90 Å². The van der Waals surface area contributed by atoms with Gasteiger partial charge in [0.2, 0.25) is 0 Å². The van der Waals surface area contributed by atoms with Crippen LogP contribution in [0.3, 0.4) is 0 Å². The average molecular weight is 744 g/mol. The molecule has 0 fully saturated rings. The maximum absolute atomic E-state index is 2.58. The van der Waals surface area contributed by atoms with E-state index >= 15 is 0 Å². The molecule has 0 saturated carbocycles. The molecular weight excluding hydrogens is 699 g/mol. The van der Waals surface area contributed by atoms with Gasteiger partial charge >= 0.3 is 0 Å². The molecule has 58 heavy (non-hydrogen) atoms. The summed E-state index contributed by atoms with van der Waals surface area (Å²) in [6, 6.07) is 67.5. The fourth-order valence-corrected chi connectivity index (χ4v) is 11.2. The molecule has 278 valence electrons. The fourth-order valence-electron chi connectivity index (χ4n) is 11.2.